The molecule has 2 aromatic rings. The lowest BCUT2D eigenvalue weighted by Crippen LogP contribution is -2.38. The average molecular weight is 330 g/mol. The summed E-state index contributed by atoms with van der Waals surface area (Å²) in [6.45, 7) is 1.94. The number of hydrogen-bond acceptors (Lipinski definition) is 6. The Hall–Kier alpha value is -1.44. The van der Waals surface area contributed by atoms with Crippen molar-refractivity contribution in [3.05, 3.63) is 23.4 Å². The van der Waals surface area contributed by atoms with Gasteiger partial charge in [-0.25, -0.2) is 0 Å². The van der Waals surface area contributed by atoms with E-state index in [0.717, 1.165) is 24.3 Å². The molecular formula is C13H16ClN3O3S. The summed E-state index contributed by atoms with van der Waals surface area (Å²) in [7, 11) is 0. The summed E-state index contributed by atoms with van der Waals surface area (Å²) in [4.78, 5) is 18.4. The molecule has 0 amide bonds. The van der Waals surface area contributed by atoms with Crippen LogP contribution in [0, 0.1) is 5.92 Å². The second-order valence-corrected chi connectivity index (χ2v) is 5.85. The summed E-state index contributed by atoms with van der Waals surface area (Å²) in [5.41, 5.74) is 0. The van der Waals surface area contributed by atoms with Crippen LogP contribution in [0.2, 0.25) is 0 Å². The van der Waals surface area contributed by atoms with Crippen molar-refractivity contribution in [1.82, 2.24) is 15.0 Å². The number of nitrogens with zero attached hydrogens (tertiary/aromatic N) is 3. The van der Waals surface area contributed by atoms with Crippen molar-refractivity contribution in [2.45, 2.75) is 19.4 Å². The first kappa shape index (κ1) is 15.9. The zero-order valence-corrected chi connectivity index (χ0v) is 12.9. The molecule has 6 nitrogen and oxygen atoms in total. The molecule has 1 atom stereocenters. The van der Waals surface area contributed by atoms with Crippen molar-refractivity contribution in [3.63, 3.8) is 0 Å². The van der Waals surface area contributed by atoms with Crippen LogP contribution >= 0.6 is 23.7 Å². The van der Waals surface area contributed by atoms with E-state index in [1.54, 1.807) is 11.3 Å². The van der Waals surface area contributed by atoms with Gasteiger partial charge in [0.25, 0.3) is 0 Å². The van der Waals surface area contributed by atoms with Crippen molar-refractivity contribution in [3.8, 4) is 10.7 Å². The first-order chi connectivity index (χ1) is 9.72. The van der Waals surface area contributed by atoms with Gasteiger partial charge in [0, 0.05) is 6.54 Å². The molecule has 2 aromatic heterocycles. The minimum atomic E-state index is -0.723. The van der Waals surface area contributed by atoms with Crippen LogP contribution in [-0.2, 0) is 11.3 Å². The van der Waals surface area contributed by atoms with E-state index in [1.807, 2.05) is 17.5 Å². The number of rotatable bonds is 4. The maximum absolute atomic E-state index is 11.0. The Morgan fingerprint density at radius 1 is 1.57 bits per heavy atom. The monoisotopic (exact) mass is 329 g/mol. The Balaban J connectivity index is 0.00000161. The van der Waals surface area contributed by atoms with Crippen LogP contribution in [0.3, 0.4) is 0 Å². The van der Waals surface area contributed by atoms with E-state index in [4.69, 9.17) is 9.63 Å². The lowest BCUT2D eigenvalue weighted by molar-refractivity contribution is -0.143. The maximum Gasteiger partial charge on any atom is 0.307 e. The number of aliphatic carboxylic acids is 1. The first-order valence-corrected chi connectivity index (χ1v) is 7.42. The lowest BCUT2D eigenvalue weighted by Gasteiger charge is -2.29. The normalized spacial score (nSPS) is 19.1. The first-order valence-electron chi connectivity index (χ1n) is 6.54. The molecule has 114 valence electrons. The molecule has 1 unspecified atom stereocenters. The van der Waals surface area contributed by atoms with Crippen LogP contribution in [0.15, 0.2) is 22.0 Å². The Bertz CT molecular complexity index is 587. The van der Waals surface area contributed by atoms with Gasteiger partial charge in [-0.15, -0.1) is 23.7 Å². The highest BCUT2D eigenvalue weighted by atomic mass is 35.5. The molecule has 0 spiro atoms. The van der Waals surface area contributed by atoms with Crippen LogP contribution in [0.1, 0.15) is 18.7 Å². The fourth-order valence-electron chi connectivity index (χ4n) is 2.42. The predicted octanol–water partition coefficient (Wildman–Crippen LogP) is 2.52. The summed E-state index contributed by atoms with van der Waals surface area (Å²) in [6, 6.07) is 3.89. The van der Waals surface area contributed by atoms with Crippen LogP contribution in [0.5, 0.6) is 0 Å². The van der Waals surface area contributed by atoms with Crippen molar-refractivity contribution in [2.75, 3.05) is 13.1 Å². The zero-order valence-electron chi connectivity index (χ0n) is 11.3. The molecule has 0 aliphatic carbocycles. The van der Waals surface area contributed by atoms with Gasteiger partial charge >= 0.3 is 5.97 Å². The summed E-state index contributed by atoms with van der Waals surface area (Å²) < 4.78 is 5.24. The van der Waals surface area contributed by atoms with Crippen LogP contribution < -0.4 is 0 Å². The summed E-state index contributed by atoms with van der Waals surface area (Å²) in [5.74, 6) is 0.129. The van der Waals surface area contributed by atoms with E-state index in [-0.39, 0.29) is 18.3 Å². The predicted molar refractivity (Wildman–Crippen MR) is 80.5 cm³/mol. The molecule has 3 rings (SSSR count). The van der Waals surface area contributed by atoms with Gasteiger partial charge in [0.15, 0.2) is 0 Å². The average Bonchev–Trinajstić information content (AvgIpc) is 3.09. The second-order valence-electron chi connectivity index (χ2n) is 4.90. The fourth-order valence-corrected chi connectivity index (χ4v) is 3.07. The third-order valence-electron chi connectivity index (χ3n) is 3.42. The van der Waals surface area contributed by atoms with Crippen LogP contribution in [0.4, 0.5) is 0 Å². The van der Waals surface area contributed by atoms with Gasteiger partial charge in [-0.2, -0.15) is 4.98 Å². The number of thiophene rings is 1. The van der Waals surface area contributed by atoms with Gasteiger partial charge in [0.05, 0.1) is 17.3 Å². The molecule has 1 aliphatic rings. The van der Waals surface area contributed by atoms with Crippen LogP contribution in [0.25, 0.3) is 10.7 Å². The highest BCUT2D eigenvalue weighted by Gasteiger charge is 2.26. The van der Waals surface area contributed by atoms with Crippen molar-refractivity contribution in [1.29, 1.82) is 0 Å². The van der Waals surface area contributed by atoms with E-state index in [0.29, 0.717) is 24.8 Å². The number of carboxylic acid groups (broad SMARTS) is 1. The van der Waals surface area contributed by atoms with Crippen molar-refractivity contribution in [2.24, 2.45) is 5.92 Å². The number of hydrogen-bond donors (Lipinski definition) is 1. The molecule has 3 heterocycles. The Labute approximate surface area is 132 Å². The Morgan fingerprint density at radius 2 is 2.43 bits per heavy atom. The number of piperidine rings is 1. The number of carbonyl (C=O) groups is 1. The molecule has 1 fully saturated rings. The summed E-state index contributed by atoms with van der Waals surface area (Å²) >= 11 is 1.56. The van der Waals surface area contributed by atoms with E-state index in [2.05, 4.69) is 15.0 Å². The lowest BCUT2D eigenvalue weighted by atomic mass is 9.98. The number of aromatic nitrogens is 2. The number of halogens is 1. The molecular weight excluding hydrogens is 314 g/mol. The van der Waals surface area contributed by atoms with Gasteiger partial charge in [-0.3, -0.25) is 9.69 Å². The van der Waals surface area contributed by atoms with Gasteiger partial charge < -0.3 is 9.63 Å². The van der Waals surface area contributed by atoms with E-state index < -0.39 is 5.97 Å². The minimum Gasteiger partial charge on any atom is -0.481 e. The van der Waals surface area contributed by atoms with E-state index in [9.17, 15) is 4.79 Å². The molecule has 0 saturated carbocycles. The highest BCUT2D eigenvalue weighted by molar-refractivity contribution is 7.13. The second kappa shape index (κ2) is 7.02. The summed E-state index contributed by atoms with van der Waals surface area (Å²) in [6.07, 6.45) is 1.64. The van der Waals surface area contributed by atoms with E-state index in [1.165, 1.54) is 0 Å². The smallest absolute Gasteiger partial charge is 0.307 e. The third kappa shape index (κ3) is 3.81. The van der Waals surface area contributed by atoms with E-state index >= 15 is 0 Å². The molecule has 1 aliphatic heterocycles. The summed E-state index contributed by atoms with van der Waals surface area (Å²) in [5, 5.41) is 15.0. The number of likely N-dealkylation sites (tertiary alicyclic amines) is 1. The van der Waals surface area contributed by atoms with Crippen LogP contribution in [-0.4, -0.2) is 39.2 Å². The largest absolute Gasteiger partial charge is 0.481 e. The van der Waals surface area contributed by atoms with Gasteiger partial charge in [0.1, 0.15) is 0 Å². The Morgan fingerprint density at radius 3 is 3.14 bits per heavy atom. The molecule has 0 radical (unpaired) electrons. The molecule has 1 saturated heterocycles. The van der Waals surface area contributed by atoms with Crippen molar-refractivity contribution < 1.29 is 14.4 Å². The standard InChI is InChI=1S/C13H15N3O3S.ClH/c17-13(18)9-3-1-5-16(7-9)8-11-14-12(15-19-11)10-4-2-6-20-10;/h2,4,6,9H,1,3,5,7-8H2,(H,17,18);1H. The SMILES string of the molecule is Cl.O=C(O)C1CCCN(Cc2nc(-c3cccs3)no2)C1. The minimum absolute atomic E-state index is 0. The maximum atomic E-state index is 11.0. The van der Waals surface area contributed by atoms with Gasteiger partial charge in [-0.1, -0.05) is 11.2 Å². The molecule has 21 heavy (non-hydrogen) atoms. The fraction of sp³-hybridized carbons (Fsp3) is 0.462. The molecule has 8 heteroatoms. The molecule has 0 bridgehead atoms. The highest BCUT2D eigenvalue weighted by Crippen LogP contribution is 2.23. The molecule has 1 N–H and O–H groups in total. The quantitative estimate of drug-likeness (QED) is 0.928. The topological polar surface area (TPSA) is 79.5 Å². The Kier molecular flexibility index (Phi) is 5.33. The third-order valence-corrected chi connectivity index (χ3v) is 4.29. The number of carboxylic acids is 1. The van der Waals surface area contributed by atoms with Gasteiger partial charge in [0.2, 0.25) is 11.7 Å². The van der Waals surface area contributed by atoms with Crippen molar-refractivity contribution >= 4 is 29.7 Å². The zero-order chi connectivity index (χ0) is 13.9. The van der Waals surface area contributed by atoms with Gasteiger partial charge in [-0.05, 0) is 30.8 Å². The molecule has 0 aromatic carbocycles.